The van der Waals surface area contributed by atoms with Crippen LogP contribution in [0.15, 0.2) is 12.1 Å². The molecule has 0 saturated heterocycles. The lowest BCUT2D eigenvalue weighted by Gasteiger charge is -2.08. The van der Waals surface area contributed by atoms with E-state index < -0.39 is 11.9 Å². The Kier molecular flexibility index (Phi) is 8.61. The van der Waals surface area contributed by atoms with Crippen LogP contribution in [0.2, 0.25) is 15.1 Å². The lowest BCUT2D eigenvalue weighted by Crippen LogP contribution is -2.13. The minimum atomic E-state index is -0.606. The SMILES string of the molecule is CCCCCOC(=O)CCC(=O)Oc1cc(Cl)cc(Cl)c1Cl. The lowest BCUT2D eigenvalue weighted by atomic mass is 10.3. The molecule has 1 aromatic rings. The molecule has 0 aliphatic rings. The third-order valence-corrected chi connectivity index (χ3v) is 3.73. The van der Waals surface area contributed by atoms with Gasteiger partial charge in [0.1, 0.15) is 5.02 Å². The molecule has 0 aliphatic carbocycles. The van der Waals surface area contributed by atoms with E-state index in [1.807, 2.05) is 0 Å². The summed E-state index contributed by atoms with van der Waals surface area (Å²) in [5.74, 6) is -0.963. The Morgan fingerprint density at radius 2 is 1.73 bits per heavy atom. The van der Waals surface area contributed by atoms with Crippen molar-refractivity contribution in [1.29, 1.82) is 0 Å². The fourth-order valence-electron chi connectivity index (χ4n) is 1.59. The third kappa shape index (κ3) is 6.86. The first-order chi connectivity index (χ1) is 10.4. The molecule has 0 amide bonds. The number of halogens is 3. The molecule has 0 bridgehead atoms. The molecule has 7 heteroatoms. The fraction of sp³-hybridized carbons (Fsp3) is 0.467. The summed E-state index contributed by atoms with van der Waals surface area (Å²) in [6.45, 7) is 2.43. The zero-order valence-electron chi connectivity index (χ0n) is 12.2. The predicted octanol–water partition coefficient (Wildman–Crippen LogP) is 5.07. The smallest absolute Gasteiger partial charge is 0.311 e. The van der Waals surface area contributed by atoms with E-state index in [1.165, 1.54) is 12.1 Å². The van der Waals surface area contributed by atoms with E-state index >= 15 is 0 Å². The second-order valence-electron chi connectivity index (χ2n) is 4.60. The van der Waals surface area contributed by atoms with Crippen molar-refractivity contribution < 1.29 is 19.1 Å². The standard InChI is InChI=1S/C15H17Cl3O4/c1-2-3-4-7-21-13(19)5-6-14(20)22-12-9-10(16)8-11(17)15(12)18/h8-9H,2-7H2,1H3. The molecule has 0 saturated carbocycles. The Labute approximate surface area is 144 Å². The highest BCUT2D eigenvalue weighted by Gasteiger charge is 2.14. The highest BCUT2D eigenvalue weighted by atomic mass is 35.5. The van der Waals surface area contributed by atoms with Gasteiger partial charge in [0, 0.05) is 11.1 Å². The molecule has 22 heavy (non-hydrogen) atoms. The molecular formula is C15H17Cl3O4. The lowest BCUT2D eigenvalue weighted by molar-refractivity contribution is -0.147. The van der Waals surface area contributed by atoms with Crippen LogP contribution in [0.3, 0.4) is 0 Å². The Hall–Kier alpha value is -0.970. The number of carbonyl (C=O) groups excluding carboxylic acids is 2. The summed E-state index contributed by atoms with van der Waals surface area (Å²) < 4.78 is 10.0. The first-order valence-electron chi connectivity index (χ1n) is 6.95. The van der Waals surface area contributed by atoms with E-state index in [4.69, 9.17) is 44.3 Å². The van der Waals surface area contributed by atoms with Crippen LogP contribution in [0.1, 0.15) is 39.0 Å². The third-order valence-electron chi connectivity index (χ3n) is 2.73. The predicted molar refractivity (Wildman–Crippen MR) is 86.8 cm³/mol. The van der Waals surface area contributed by atoms with E-state index in [-0.39, 0.29) is 28.6 Å². The first kappa shape index (κ1) is 19.1. The van der Waals surface area contributed by atoms with Gasteiger partial charge in [0.25, 0.3) is 0 Å². The van der Waals surface area contributed by atoms with Crippen LogP contribution in [0.25, 0.3) is 0 Å². The number of rotatable bonds is 8. The van der Waals surface area contributed by atoms with E-state index in [2.05, 4.69) is 6.92 Å². The molecule has 122 valence electrons. The molecule has 4 nitrogen and oxygen atoms in total. The van der Waals surface area contributed by atoms with Crippen molar-refractivity contribution in [3.8, 4) is 5.75 Å². The Balaban J connectivity index is 2.39. The zero-order chi connectivity index (χ0) is 16.5. The van der Waals surface area contributed by atoms with Gasteiger partial charge < -0.3 is 9.47 Å². The van der Waals surface area contributed by atoms with Crippen molar-refractivity contribution in [2.75, 3.05) is 6.61 Å². The molecule has 0 aromatic heterocycles. The van der Waals surface area contributed by atoms with E-state index in [9.17, 15) is 9.59 Å². The van der Waals surface area contributed by atoms with Crippen LogP contribution in [0.5, 0.6) is 5.75 Å². The highest BCUT2D eigenvalue weighted by Crippen LogP contribution is 2.35. The molecule has 1 rings (SSSR count). The van der Waals surface area contributed by atoms with Gasteiger partial charge in [0.2, 0.25) is 0 Å². The van der Waals surface area contributed by atoms with Gasteiger partial charge in [-0.3, -0.25) is 9.59 Å². The second-order valence-corrected chi connectivity index (χ2v) is 5.82. The molecule has 0 atom stereocenters. The minimum absolute atomic E-state index is 0.0448. The molecule has 0 N–H and O–H groups in total. The average molecular weight is 368 g/mol. The Bertz CT molecular complexity index is 532. The quantitative estimate of drug-likeness (QED) is 0.279. The summed E-state index contributed by atoms with van der Waals surface area (Å²) in [5, 5.41) is 0.585. The van der Waals surface area contributed by atoms with Crippen LogP contribution in [0, 0.1) is 0 Å². The van der Waals surface area contributed by atoms with Gasteiger partial charge in [-0.1, -0.05) is 54.6 Å². The van der Waals surface area contributed by atoms with Crippen molar-refractivity contribution in [3.63, 3.8) is 0 Å². The number of unbranched alkanes of at least 4 members (excludes halogenated alkanes) is 2. The zero-order valence-corrected chi connectivity index (χ0v) is 14.4. The molecule has 0 unspecified atom stereocenters. The summed E-state index contributed by atoms with van der Waals surface area (Å²) in [6, 6.07) is 2.83. The number of hydrogen-bond acceptors (Lipinski definition) is 4. The number of hydrogen-bond donors (Lipinski definition) is 0. The normalized spacial score (nSPS) is 10.4. The largest absolute Gasteiger partial charge is 0.466 e. The van der Waals surface area contributed by atoms with Crippen LogP contribution in [-0.4, -0.2) is 18.5 Å². The van der Waals surface area contributed by atoms with Crippen molar-refractivity contribution in [2.45, 2.75) is 39.0 Å². The van der Waals surface area contributed by atoms with Crippen molar-refractivity contribution >= 4 is 46.7 Å². The van der Waals surface area contributed by atoms with Gasteiger partial charge in [-0.25, -0.2) is 0 Å². The van der Waals surface area contributed by atoms with Gasteiger partial charge in [-0.05, 0) is 12.5 Å². The van der Waals surface area contributed by atoms with Gasteiger partial charge >= 0.3 is 11.9 Å². The average Bonchev–Trinajstić information content (AvgIpc) is 2.46. The summed E-state index contributed by atoms with van der Waals surface area (Å²) >= 11 is 17.5. The topological polar surface area (TPSA) is 52.6 Å². The van der Waals surface area contributed by atoms with Crippen LogP contribution < -0.4 is 4.74 Å². The van der Waals surface area contributed by atoms with Gasteiger partial charge in [0.05, 0.1) is 24.5 Å². The van der Waals surface area contributed by atoms with Crippen molar-refractivity contribution in [1.82, 2.24) is 0 Å². The van der Waals surface area contributed by atoms with Crippen molar-refractivity contribution in [2.24, 2.45) is 0 Å². The molecule has 0 fully saturated rings. The summed E-state index contributed by atoms with van der Waals surface area (Å²) in [6.07, 6.45) is 2.73. The van der Waals surface area contributed by atoms with Gasteiger partial charge in [-0.15, -0.1) is 0 Å². The maximum absolute atomic E-state index is 11.7. The van der Waals surface area contributed by atoms with E-state index in [0.29, 0.717) is 11.6 Å². The van der Waals surface area contributed by atoms with Gasteiger partial charge in [0.15, 0.2) is 5.75 Å². The number of ether oxygens (including phenoxy) is 2. The molecule has 0 heterocycles. The minimum Gasteiger partial charge on any atom is -0.466 e. The second kappa shape index (κ2) is 9.93. The fourth-order valence-corrected chi connectivity index (χ4v) is 2.22. The Morgan fingerprint density at radius 3 is 2.41 bits per heavy atom. The maximum atomic E-state index is 11.7. The van der Waals surface area contributed by atoms with Crippen molar-refractivity contribution in [3.05, 3.63) is 27.2 Å². The Morgan fingerprint density at radius 1 is 1.05 bits per heavy atom. The van der Waals surface area contributed by atoms with E-state index in [1.54, 1.807) is 0 Å². The molecule has 1 aromatic carbocycles. The van der Waals surface area contributed by atoms with Crippen LogP contribution in [0.4, 0.5) is 0 Å². The molecule has 0 spiro atoms. The highest BCUT2D eigenvalue weighted by molar-refractivity contribution is 6.44. The monoisotopic (exact) mass is 366 g/mol. The summed E-state index contributed by atoms with van der Waals surface area (Å²) in [5.41, 5.74) is 0. The first-order valence-corrected chi connectivity index (χ1v) is 8.08. The number of esters is 2. The number of carbonyl (C=O) groups is 2. The number of benzene rings is 1. The summed E-state index contributed by atoms with van der Waals surface area (Å²) in [4.78, 5) is 23.1. The van der Waals surface area contributed by atoms with E-state index in [0.717, 1.165) is 19.3 Å². The van der Waals surface area contributed by atoms with Crippen LogP contribution in [-0.2, 0) is 14.3 Å². The molecule has 0 aliphatic heterocycles. The van der Waals surface area contributed by atoms with Gasteiger partial charge in [-0.2, -0.15) is 0 Å². The summed E-state index contributed by atoms with van der Waals surface area (Å²) in [7, 11) is 0. The molecular weight excluding hydrogens is 351 g/mol. The maximum Gasteiger partial charge on any atom is 0.311 e. The molecule has 0 radical (unpaired) electrons. The van der Waals surface area contributed by atoms with Crippen LogP contribution >= 0.6 is 34.8 Å².